The largest absolute Gasteiger partial charge is 0.365 e. The summed E-state index contributed by atoms with van der Waals surface area (Å²) >= 11 is 0. The third kappa shape index (κ3) is 5.16. The molecule has 0 radical (unpaired) electrons. The Morgan fingerprint density at radius 1 is 0.966 bits per heavy atom. The van der Waals surface area contributed by atoms with Crippen molar-refractivity contribution in [2.24, 2.45) is 0 Å². The second kappa shape index (κ2) is 9.41. The number of sulfonamides is 1. The molecule has 6 nitrogen and oxygen atoms in total. The molecule has 1 saturated carbocycles. The van der Waals surface area contributed by atoms with Crippen molar-refractivity contribution in [3.8, 4) is 0 Å². The zero-order valence-electron chi connectivity index (χ0n) is 17.0. The van der Waals surface area contributed by atoms with Gasteiger partial charge in [0.25, 0.3) is 0 Å². The molecule has 2 aromatic carbocycles. The molecular weight excluding hydrogens is 386 g/mol. The number of para-hydroxylation sites is 2. The number of benzene rings is 2. The first-order valence-corrected chi connectivity index (χ1v) is 11.5. The maximum absolute atomic E-state index is 13.2. The number of amides is 1. The highest BCUT2D eigenvalue weighted by Gasteiger charge is 2.31. The third-order valence-electron chi connectivity index (χ3n) is 5.48. The van der Waals surface area contributed by atoms with Crippen LogP contribution >= 0.6 is 0 Å². The number of nitrogens with zero attached hydrogens (tertiary/aromatic N) is 2. The Balaban J connectivity index is 1.75. The minimum absolute atomic E-state index is 0.0155. The summed E-state index contributed by atoms with van der Waals surface area (Å²) in [6, 6.07) is 16.2. The van der Waals surface area contributed by atoms with Crippen molar-refractivity contribution in [2.45, 2.75) is 43.0 Å². The molecule has 1 amide bonds. The van der Waals surface area contributed by atoms with Gasteiger partial charge in [-0.05, 0) is 37.1 Å². The van der Waals surface area contributed by atoms with Gasteiger partial charge in [0.15, 0.2) is 0 Å². The van der Waals surface area contributed by atoms with Crippen LogP contribution in [0, 0.1) is 0 Å². The lowest BCUT2D eigenvalue weighted by molar-refractivity contribution is -0.114. The fraction of sp³-hybridized carbons (Fsp3) is 0.409. The number of carbonyl (C=O) groups is 1. The monoisotopic (exact) mass is 415 g/mol. The van der Waals surface area contributed by atoms with Crippen molar-refractivity contribution < 1.29 is 13.2 Å². The average Bonchev–Trinajstić information content (AvgIpc) is 2.74. The van der Waals surface area contributed by atoms with Crippen LogP contribution in [0.15, 0.2) is 59.5 Å². The van der Waals surface area contributed by atoms with Gasteiger partial charge in [0.1, 0.15) is 4.90 Å². The van der Waals surface area contributed by atoms with Gasteiger partial charge < -0.3 is 10.2 Å². The normalized spacial score (nSPS) is 15.3. The van der Waals surface area contributed by atoms with E-state index in [4.69, 9.17) is 0 Å². The Hall–Kier alpha value is -2.38. The number of likely N-dealkylation sites (N-methyl/N-ethyl adjacent to an activating group) is 1. The minimum atomic E-state index is -3.69. The van der Waals surface area contributed by atoms with Crippen molar-refractivity contribution in [1.29, 1.82) is 0 Å². The number of anilines is 2. The van der Waals surface area contributed by atoms with E-state index in [0.717, 1.165) is 37.8 Å². The first-order chi connectivity index (χ1) is 13.9. The van der Waals surface area contributed by atoms with Crippen molar-refractivity contribution in [1.82, 2.24) is 4.31 Å². The standard InChI is InChI=1S/C22H29N3O3S/c1-24(18-11-5-3-6-12-18)17-22(26)23-20-15-9-10-16-21(20)29(27,28)25(2)19-13-7-4-8-14-19/h3,5-6,9-12,15-16,19H,4,7-8,13-14,17H2,1-2H3,(H,23,26). The molecule has 1 aliphatic carbocycles. The third-order valence-corrected chi connectivity index (χ3v) is 7.45. The molecule has 1 N–H and O–H groups in total. The number of nitrogens with one attached hydrogen (secondary N) is 1. The van der Waals surface area contributed by atoms with Crippen LogP contribution < -0.4 is 10.2 Å². The number of carbonyl (C=O) groups excluding carboxylic acids is 1. The fourth-order valence-corrected chi connectivity index (χ4v) is 5.33. The summed E-state index contributed by atoms with van der Waals surface area (Å²) in [7, 11) is -0.217. The Morgan fingerprint density at radius 3 is 2.28 bits per heavy atom. The molecule has 0 saturated heterocycles. The number of hydrogen-bond acceptors (Lipinski definition) is 4. The van der Waals surface area contributed by atoms with Crippen molar-refractivity contribution in [2.75, 3.05) is 30.9 Å². The van der Waals surface area contributed by atoms with E-state index in [0.29, 0.717) is 5.69 Å². The maximum atomic E-state index is 13.2. The van der Waals surface area contributed by atoms with Gasteiger partial charge >= 0.3 is 0 Å². The lowest BCUT2D eigenvalue weighted by Gasteiger charge is -2.31. The zero-order valence-corrected chi connectivity index (χ0v) is 17.9. The minimum Gasteiger partial charge on any atom is -0.365 e. The predicted octanol–water partition coefficient (Wildman–Crippen LogP) is 3.71. The van der Waals surface area contributed by atoms with E-state index in [2.05, 4.69) is 5.32 Å². The van der Waals surface area contributed by atoms with Gasteiger partial charge in [-0.15, -0.1) is 0 Å². The van der Waals surface area contributed by atoms with Crippen LogP contribution in [-0.4, -0.2) is 45.3 Å². The fourth-order valence-electron chi connectivity index (χ4n) is 3.77. The van der Waals surface area contributed by atoms with Gasteiger partial charge in [-0.3, -0.25) is 4.79 Å². The Morgan fingerprint density at radius 2 is 1.59 bits per heavy atom. The highest BCUT2D eigenvalue weighted by atomic mass is 32.2. The van der Waals surface area contributed by atoms with E-state index in [1.54, 1.807) is 31.3 Å². The van der Waals surface area contributed by atoms with Crippen LogP contribution in [-0.2, 0) is 14.8 Å². The molecule has 3 rings (SSSR count). The second-order valence-electron chi connectivity index (χ2n) is 7.55. The van der Waals surface area contributed by atoms with Crippen LogP contribution in [0.25, 0.3) is 0 Å². The summed E-state index contributed by atoms with van der Waals surface area (Å²) < 4.78 is 28.0. The SMILES string of the molecule is CN(CC(=O)Nc1ccccc1S(=O)(=O)N(C)C1CCCCC1)c1ccccc1. The molecule has 0 spiro atoms. The van der Waals surface area contributed by atoms with Gasteiger partial charge in [-0.2, -0.15) is 4.31 Å². The van der Waals surface area contributed by atoms with E-state index in [-0.39, 0.29) is 23.4 Å². The quantitative estimate of drug-likeness (QED) is 0.748. The summed E-state index contributed by atoms with van der Waals surface area (Å²) in [5, 5.41) is 2.79. The topological polar surface area (TPSA) is 69.7 Å². The smallest absolute Gasteiger partial charge is 0.245 e. The highest BCUT2D eigenvalue weighted by Crippen LogP contribution is 2.29. The molecule has 156 valence electrons. The van der Waals surface area contributed by atoms with E-state index < -0.39 is 10.0 Å². The van der Waals surface area contributed by atoms with Crippen LogP contribution in [0.4, 0.5) is 11.4 Å². The number of hydrogen-bond donors (Lipinski definition) is 1. The van der Waals surface area contributed by atoms with Gasteiger partial charge in [0.2, 0.25) is 15.9 Å². The van der Waals surface area contributed by atoms with Gasteiger partial charge in [0, 0.05) is 25.8 Å². The molecule has 1 aliphatic rings. The molecule has 0 unspecified atom stereocenters. The molecule has 0 aliphatic heterocycles. The predicted molar refractivity (Wildman–Crippen MR) is 117 cm³/mol. The molecule has 0 atom stereocenters. The maximum Gasteiger partial charge on any atom is 0.245 e. The molecule has 2 aromatic rings. The summed E-state index contributed by atoms with van der Waals surface area (Å²) in [6.45, 7) is 0.122. The van der Waals surface area contributed by atoms with E-state index >= 15 is 0 Å². The molecule has 0 heterocycles. The van der Waals surface area contributed by atoms with Gasteiger partial charge in [-0.25, -0.2) is 8.42 Å². The van der Waals surface area contributed by atoms with Crippen LogP contribution in [0.5, 0.6) is 0 Å². The number of rotatable bonds is 7. The molecule has 0 aromatic heterocycles. The van der Waals surface area contributed by atoms with E-state index in [9.17, 15) is 13.2 Å². The lowest BCUT2D eigenvalue weighted by Crippen LogP contribution is -2.38. The second-order valence-corrected chi connectivity index (χ2v) is 9.51. The van der Waals surface area contributed by atoms with E-state index in [1.807, 2.05) is 42.3 Å². The summed E-state index contributed by atoms with van der Waals surface area (Å²) in [5.41, 5.74) is 1.24. The molecule has 7 heteroatoms. The Kier molecular flexibility index (Phi) is 6.92. The van der Waals surface area contributed by atoms with Crippen LogP contribution in [0.3, 0.4) is 0 Å². The van der Waals surface area contributed by atoms with Gasteiger partial charge in [-0.1, -0.05) is 49.6 Å². The Labute approximate surface area is 173 Å². The van der Waals surface area contributed by atoms with Crippen LogP contribution in [0.2, 0.25) is 0 Å². The molecular formula is C22H29N3O3S. The highest BCUT2D eigenvalue weighted by molar-refractivity contribution is 7.89. The summed E-state index contributed by atoms with van der Waals surface area (Å²) in [4.78, 5) is 14.5. The lowest BCUT2D eigenvalue weighted by atomic mass is 9.96. The molecule has 0 bridgehead atoms. The first kappa shape index (κ1) is 21.3. The van der Waals surface area contributed by atoms with Gasteiger partial charge in [0.05, 0.1) is 12.2 Å². The van der Waals surface area contributed by atoms with Crippen LogP contribution in [0.1, 0.15) is 32.1 Å². The average molecular weight is 416 g/mol. The van der Waals surface area contributed by atoms with Crippen molar-refractivity contribution >= 4 is 27.3 Å². The van der Waals surface area contributed by atoms with Crippen molar-refractivity contribution in [3.05, 3.63) is 54.6 Å². The summed E-state index contributed by atoms with van der Waals surface area (Å²) in [6.07, 6.45) is 5.02. The summed E-state index contributed by atoms with van der Waals surface area (Å²) in [5.74, 6) is -0.265. The zero-order chi connectivity index (χ0) is 20.9. The Bertz CT molecular complexity index is 925. The van der Waals surface area contributed by atoms with Crippen molar-refractivity contribution in [3.63, 3.8) is 0 Å². The first-order valence-electron chi connectivity index (χ1n) is 10.0. The van der Waals surface area contributed by atoms with E-state index in [1.165, 1.54) is 4.31 Å². The molecule has 1 fully saturated rings. The molecule has 29 heavy (non-hydrogen) atoms.